The van der Waals surface area contributed by atoms with Crippen LogP contribution in [0.15, 0.2) is 48.8 Å². The van der Waals surface area contributed by atoms with E-state index in [1.54, 1.807) is 31.6 Å². The summed E-state index contributed by atoms with van der Waals surface area (Å²) in [6, 6.07) is 10.5. The molecule has 1 aromatic carbocycles. The highest BCUT2D eigenvalue weighted by atomic mass is 16.6. The molecule has 0 radical (unpaired) electrons. The van der Waals surface area contributed by atoms with Crippen molar-refractivity contribution in [2.24, 2.45) is 0 Å². The van der Waals surface area contributed by atoms with Crippen LogP contribution in [0.4, 0.5) is 4.79 Å². The maximum atomic E-state index is 12.8. The summed E-state index contributed by atoms with van der Waals surface area (Å²) in [5.74, 6) is -0.260. The van der Waals surface area contributed by atoms with Crippen LogP contribution in [0.1, 0.15) is 33.3 Å². The van der Waals surface area contributed by atoms with E-state index in [-0.39, 0.29) is 11.9 Å². The maximum absolute atomic E-state index is 12.8. The lowest BCUT2D eigenvalue weighted by Crippen LogP contribution is -2.51. The Bertz CT molecular complexity index is 723. The van der Waals surface area contributed by atoms with Gasteiger partial charge in [-0.05, 0) is 39.3 Å². The van der Waals surface area contributed by atoms with Crippen LogP contribution in [-0.2, 0) is 22.5 Å². The standard InChI is InChI=1S/C20H28N4O3/c1-15(14-24-12-8-11-21-24)22-18(25)17(13-16-9-6-5-7-10-16)23-19(26)27-20(2,3)4/h5-12,15,17H,13-14H2,1-4H3,(H,22,25)(H,23,26)/t15-,17-/m0/s1. The second-order valence-electron chi connectivity index (χ2n) is 7.53. The number of benzene rings is 1. The molecule has 2 rings (SSSR count). The van der Waals surface area contributed by atoms with E-state index in [1.807, 2.05) is 49.5 Å². The normalized spacial score (nSPS) is 13.5. The summed E-state index contributed by atoms with van der Waals surface area (Å²) in [5, 5.41) is 9.77. The number of hydrogen-bond donors (Lipinski definition) is 2. The molecule has 27 heavy (non-hydrogen) atoms. The number of ether oxygens (including phenoxy) is 1. The summed E-state index contributed by atoms with van der Waals surface area (Å²) in [7, 11) is 0. The number of aromatic nitrogens is 2. The lowest BCUT2D eigenvalue weighted by molar-refractivity contribution is -0.123. The van der Waals surface area contributed by atoms with Gasteiger partial charge in [0.25, 0.3) is 0 Å². The Morgan fingerprint density at radius 3 is 2.44 bits per heavy atom. The van der Waals surface area contributed by atoms with Crippen LogP contribution in [0.2, 0.25) is 0 Å². The molecule has 7 heteroatoms. The second-order valence-corrected chi connectivity index (χ2v) is 7.53. The SMILES string of the molecule is C[C@@H](Cn1cccn1)NC(=O)[C@H](Cc1ccccc1)NC(=O)OC(C)(C)C. The van der Waals surface area contributed by atoms with Crippen molar-refractivity contribution in [3.63, 3.8) is 0 Å². The first-order valence-electron chi connectivity index (χ1n) is 9.04. The third-order valence-corrected chi connectivity index (χ3v) is 3.70. The molecule has 0 aliphatic carbocycles. The highest BCUT2D eigenvalue weighted by Gasteiger charge is 2.25. The lowest BCUT2D eigenvalue weighted by Gasteiger charge is -2.24. The molecule has 1 heterocycles. The minimum Gasteiger partial charge on any atom is -0.444 e. The topological polar surface area (TPSA) is 85.3 Å². The van der Waals surface area contributed by atoms with Crippen molar-refractivity contribution in [2.75, 3.05) is 0 Å². The van der Waals surface area contributed by atoms with E-state index in [0.29, 0.717) is 13.0 Å². The van der Waals surface area contributed by atoms with Crippen LogP contribution < -0.4 is 10.6 Å². The van der Waals surface area contributed by atoms with Gasteiger partial charge in [-0.15, -0.1) is 0 Å². The van der Waals surface area contributed by atoms with Crippen LogP contribution in [0.25, 0.3) is 0 Å². The van der Waals surface area contributed by atoms with Crippen LogP contribution in [0.3, 0.4) is 0 Å². The summed E-state index contributed by atoms with van der Waals surface area (Å²) in [6.45, 7) is 7.79. The van der Waals surface area contributed by atoms with E-state index in [4.69, 9.17) is 4.74 Å². The molecule has 0 bridgehead atoms. The maximum Gasteiger partial charge on any atom is 0.408 e. The molecule has 2 N–H and O–H groups in total. The van der Waals surface area contributed by atoms with Crippen molar-refractivity contribution in [1.82, 2.24) is 20.4 Å². The molecule has 0 unspecified atom stereocenters. The van der Waals surface area contributed by atoms with Crippen molar-refractivity contribution in [3.05, 3.63) is 54.4 Å². The van der Waals surface area contributed by atoms with Gasteiger partial charge in [0.15, 0.2) is 0 Å². The Morgan fingerprint density at radius 1 is 1.15 bits per heavy atom. The smallest absolute Gasteiger partial charge is 0.408 e. The fourth-order valence-electron chi connectivity index (χ4n) is 2.59. The number of alkyl carbamates (subject to hydrolysis) is 1. The molecule has 1 aromatic heterocycles. The lowest BCUT2D eigenvalue weighted by atomic mass is 10.1. The quantitative estimate of drug-likeness (QED) is 0.782. The molecule has 146 valence electrons. The first kappa shape index (κ1) is 20.5. The molecule has 0 saturated carbocycles. The molecule has 2 aromatic rings. The molecular formula is C20H28N4O3. The van der Waals surface area contributed by atoms with Crippen LogP contribution >= 0.6 is 0 Å². The highest BCUT2D eigenvalue weighted by molar-refractivity contribution is 5.86. The van der Waals surface area contributed by atoms with E-state index in [0.717, 1.165) is 5.56 Å². The van der Waals surface area contributed by atoms with E-state index >= 15 is 0 Å². The van der Waals surface area contributed by atoms with Gasteiger partial charge in [-0.2, -0.15) is 5.10 Å². The number of rotatable bonds is 7. The summed E-state index contributed by atoms with van der Waals surface area (Å²) in [4.78, 5) is 25.0. The van der Waals surface area contributed by atoms with Gasteiger partial charge >= 0.3 is 6.09 Å². The fourth-order valence-corrected chi connectivity index (χ4v) is 2.59. The number of carbonyl (C=O) groups is 2. The van der Waals surface area contributed by atoms with E-state index in [9.17, 15) is 9.59 Å². The highest BCUT2D eigenvalue weighted by Crippen LogP contribution is 2.09. The van der Waals surface area contributed by atoms with Crippen molar-refractivity contribution < 1.29 is 14.3 Å². The van der Waals surface area contributed by atoms with Crippen molar-refractivity contribution >= 4 is 12.0 Å². The minimum atomic E-state index is -0.734. The van der Waals surface area contributed by atoms with E-state index < -0.39 is 17.7 Å². The minimum absolute atomic E-state index is 0.142. The summed E-state index contributed by atoms with van der Waals surface area (Å²) in [5.41, 5.74) is 0.319. The molecule has 2 atom stereocenters. The third-order valence-electron chi connectivity index (χ3n) is 3.70. The van der Waals surface area contributed by atoms with Crippen molar-refractivity contribution in [3.8, 4) is 0 Å². The Balaban J connectivity index is 2.02. The number of hydrogen-bond acceptors (Lipinski definition) is 4. The molecule has 2 amide bonds. The van der Waals surface area contributed by atoms with E-state index in [1.165, 1.54) is 0 Å². The van der Waals surface area contributed by atoms with Crippen molar-refractivity contribution in [1.29, 1.82) is 0 Å². The average molecular weight is 372 g/mol. The Morgan fingerprint density at radius 2 is 1.85 bits per heavy atom. The molecule has 0 aliphatic heterocycles. The zero-order valence-electron chi connectivity index (χ0n) is 16.3. The van der Waals surface area contributed by atoms with Gasteiger partial charge in [-0.1, -0.05) is 30.3 Å². The summed E-state index contributed by atoms with van der Waals surface area (Å²) in [6.07, 6.45) is 3.29. The van der Waals surface area contributed by atoms with Gasteiger partial charge in [0.2, 0.25) is 5.91 Å². The van der Waals surface area contributed by atoms with Crippen LogP contribution in [0.5, 0.6) is 0 Å². The Labute approximate surface area is 160 Å². The number of amides is 2. The Hall–Kier alpha value is -2.83. The van der Waals surface area contributed by atoms with Crippen molar-refractivity contribution in [2.45, 2.75) is 58.3 Å². The molecule has 0 spiro atoms. The first-order chi connectivity index (χ1) is 12.7. The average Bonchev–Trinajstić information content (AvgIpc) is 3.06. The predicted octanol–water partition coefficient (Wildman–Crippen LogP) is 2.52. The third kappa shape index (κ3) is 7.52. The molecule has 7 nitrogen and oxygen atoms in total. The molecule has 0 fully saturated rings. The van der Waals surface area contributed by atoms with Gasteiger partial charge in [-0.3, -0.25) is 9.48 Å². The van der Waals surface area contributed by atoms with Gasteiger partial charge < -0.3 is 15.4 Å². The molecule has 0 saturated heterocycles. The monoisotopic (exact) mass is 372 g/mol. The Kier molecular flexibility index (Phi) is 6.98. The fraction of sp³-hybridized carbons (Fsp3) is 0.450. The largest absolute Gasteiger partial charge is 0.444 e. The summed E-state index contributed by atoms with van der Waals surface area (Å²) < 4.78 is 7.05. The van der Waals surface area contributed by atoms with E-state index in [2.05, 4.69) is 15.7 Å². The molecule has 0 aliphatic rings. The first-order valence-corrected chi connectivity index (χ1v) is 9.04. The van der Waals surface area contributed by atoms with Gasteiger partial charge in [0.05, 0.1) is 6.54 Å². The zero-order valence-corrected chi connectivity index (χ0v) is 16.3. The van der Waals surface area contributed by atoms with Gasteiger partial charge in [0, 0.05) is 24.9 Å². The second kappa shape index (κ2) is 9.21. The molecular weight excluding hydrogens is 344 g/mol. The van der Waals surface area contributed by atoms with Crippen LogP contribution in [-0.4, -0.2) is 39.5 Å². The zero-order chi connectivity index (χ0) is 19.9. The van der Waals surface area contributed by atoms with Gasteiger partial charge in [-0.25, -0.2) is 4.79 Å². The van der Waals surface area contributed by atoms with Crippen LogP contribution in [0, 0.1) is 0 Å². The number of carbonyl (C=O) groups excluding carboxylic acids is 2. The summed E-state index contributed by atoms with van der Waals surface area (Å²) >= 11 is 0. The number of nitrogens with one attached hydrogen (secondary N) is 2. The predicted molar refractivity (Wildman–Crippen MR) is 103 cm³/mol. The number of nitrogens with zero attached hydrogens (tertiary/aromatic N) is 2. The van der Waals surface area contributed by atoms with Gasteiger partial charge in [0.1, 0.15) is 11.6 Å².